The number of rotatable bonds is 7. The van der Waals surface area contributed by atoms with Crippen molar-refractivity contribution in [3.05, 3.63) is 41.3 Å². The summed E-state index contributed by atoms with van der Waals surface area (Å²) in [5.74, 6) is 2.68. The number of carbonyl (C=O) groups is 1. The number of methoxy groups -OCH3 is 1. The minimum Gasteiger partial charge on any atom is -0.497 e. The lowest BCUT2D eigenvalue weighted by Crippen LogP contribution is -2.35. The molecule has 1 aromatic carbocycles. The van der Waals surface area contributed by atoms with Crippen molar-refractivity contribution in [3.8, 4) is 5.75 Å². The molecule has 0 aliphatic carbocycles. The summed E-state index contributed by atoms with van der Waals surface area (Å²) in [6.07, 6.45) is 3.32. The van der Waals surface area contributed by atoms with E-state index in [9.17, 15) is 4.79 Å². The Hall–Kier alpha value is -2.87. The molecule has 0 unspecified atom stereocenters. The summed E-state index contributed by atoms with van der Waals surface area (Å²) in [7, 11) is 7.71. The Morgan fingerprint density at radius 3 is 2.75 bits per heavy atom. The van der Waals surface area contributed by atoms with Crippen LogP contribution in [0.1, 0.15) is 42.4 Å². The van der Waals surface area contributed by atoms with E-state index in [1.807, 2.05) is 43.3 Å². The van der Waals surface area contributed by atoms with Gasteiger partial charge in [-0.15, -0.1) is 0 Å². The highest BCUT2D eigenvalue weighted by Gasteiger charge is 2.33. The van der Waals surface area contributed by atoms with Crippen LogP contribution in [0.3, 0.4) is 0 Å². The zero-order chi connectivity index (χ0) is 22.7. The van der Waals surface area contributed by atoms with Gasteiger partial charge in [-0.3, -0.25) is 4.79 Å². The lowest BCUT2D eigenvalue weighted by Gasteiger charge is -2.29. The fourth-order valence-corrected chi connectivity index (χ4v) is 4.64. The third-order valence-corrected chi connectivity index (χ3v) is 6.56. The molecule has 1 amide bonds. The van der Waals surface area contributed by atoms with Crippen LogP contribution in [0, 0.1) is 0 Å². The second-order valence-electron chi connectivity index (χ2n) is 8.71. The summed E-state index contributed by atoms with van der Waals surface area (Å²) in [4.78, 5) is 29.3. The first-order chi connectivity index (χ1) is 15.5. The molecular formula is C24H34N6O2. The third kappa shape index (κ3) is 4.65. The molecule has 1 saturated heterocycles. The van der Waals surface area contributed by atoms with E-state index in [1.165, 1.54) is 5.56 Å². The van der Waals surface area contributed by atoms with Gasteiger partial charge in [-0.05, 0) is 50.6 Å². The molecule has 8 nitrogen and oxygen atoms in total. The number of likely N-dealkylation sites (tertiary alicyclic amines) is 1. The lowest BCUT2D eigenvalue weighted by atomic mass is 10.0. The van der Waals surface area contributed by atoms with E-state index in [2.05, 4.69) is 22.2 Å². The van der Waals surface area contributed by atoms with Gasteiger partial charge >= 0.3 is 0 Å². The molecule has 2 aliphatic heterocycles. The second kappa shape index (κ2) is 9.73. The van der Waals surface area contributed by atoms with Gasteiger partial charge in [0.15, 0.2) is 5.82 Å². The summed E-state index contributed by atoms with van der Waals surface area (Å²) in [6, 6.07) is 7.86. The van der Waals surface area contributed by atoms with Crippen molar-refractivity contribution in [1.29, 1.82) is 0 Å². The molecule has 1 N–H and O–H groups in total. The molecular weight excluding hydrogens is 404 g/mol. The summed E-state index contributed by atoms with van der Waals surface area (Å²) >= 11 is 0. The Labute approximate surface area is 190 Å². The number of aromatic nitrogens is 2. The van der Waals surface area contributed by atoms with E-state index >= 15 is 0 Å². The standard InChI is InChI=1S/C24H34N6O2/c1-25-23-19-11-14-28(2)16-20(19)26-24(27-23)21-6-5-13-30(21)22(31)12-15-29(3)17-7-9-18(32-4)10-8-17/h7-10,21H,5-6,11-16H2,1-4H3,(H,25,26,27)/t21-/m1/s1. The van der Waals surface area contributed by atoms with Crippen molar-refractivity contribution in [1.82, 2.24) is 19.8 Å². The van der Waals surface area contributed by atoms with Crippen LogP contribution in [0.15, 0.2) is 24.3 Å². The zero-order valence-electron chi connectivity index (χ0n) is 19.6. The van der Waals surface area contributed by atoms with Crippen LogP contribution in [0.5, 0.6) is 5.75 Å². The Morgan fingerprint density at radius 2 is 2.03 bits per heavy atom. The van der Waals surface area contributed by atoms with E-state index in [0.717, 1.165) is 67.7 Å². The highest BCUT2D eigenvalue weighted by Crippen LogP contribution is 2.33. The Morgan fingerprint density at radius 1 is 1.25 bits per heavy atom. The van der Waals surface area contributed by atoms with Gasteiger partial charge < -0.3 is 24.8 Å². The number of nitrogens with zero attached hydrogens (tertiary/aromatic N) is 5. The van der Waals surface area contributed by atoms with Gasteiger partial charge in [-0.2, -0.15) is 0 Å². The number of carbonyl (C=O) groups excluding carboxylic acids is 1. The molecule has 2 aliphatic rings. The first-order valence-electron chi connectivity index (χ1n) is 11.4. The summed E-state index contributed by atoms with van der Waals surface area (Å²) in [5, 5.41) is 3.26. The topological polar surface area (TPSA) is 73.8 Å². The number of ether oxygens (including phenoxy) is 1. The smallest absolute Gasteiger partial charge is 0.224 e. The lowest BCUT2D eigenvalue weighted by molar-refractivity contribution is -0.132. The van der Waals surface area contributed by atoms with Gasteiger partial charge in [0, 0.05) is 57.9 Å². The SMILES string of the molecule is CNc1nc([C@H]2CCCN2C(=O)CCN(C)c2ccc(OC)cc2)nc2c1CCN(C)C2. The molecule has 32 heavy (non-hydrogen) atoms. The number of benzene rings is 1. The van der Waals surface area contributed by atoms with Gasteiger partial charge in [0.1, 0.15) is 11.6 Å². The number of anilines is 2. The third-order valence-electron chi connectivity index (χ3n) is 6.56. The number of hydrogen-bond acceptors (Lipinski definition) is 7. The van der Waals surface area contributed by atoms with E-state index in [1.54, 1.807) is 7.11 Å². The van der Waals surface area contributed by atoms with Crippen molar-refractivity contribution in [2.24, 2.45) is 0 Å². The number of nitrogens with one attached hydrogen (secondary N) is 1. The summed E-state index contributed by atoms with van der Waals surface area (Å²) in [5.41, 5.74) is 3.37. The maximum atomic E-state index is 13.2. The van der Waals surface area contributed by atoms with Gasteiger partial charge in [0.2, 0.25) is 5.91 Å². The summed E-state index contributed by atoms with van der Waals surface area (Å²) < 4.78 is 5.23. The fourth-order valence-electron chi connectivity index (χ4n) is 4.64. The minimum atomic E-state index is -0.0431. The molecule has 0 bridgehead atoms. The van der Waals surface area contributed by atoms with Gasteiger partial charge in [0.05, 0.1) is 18.8 Å². The molecule has 1 atom stereocenters. The van der Waals surface area contributed by atoms with Crippen LogP contribution in [-0.4, -0.2) is 73.6 Å². The van der Waals surface area contributed by atoms with E-state index in [-0.39, 0.29) is 11.9 Å². The van der Waals surface area contributed by atoms with Crippen molar-refractivity contribution in [3.63, 3.8) is 0 Å². The molecule has 4 rings (SSSR count). The first-order valence-corrected chi connectivity index (χ1v) is 11.4. The normalized spacial score (nSPS) is 18.4. The van der Waals surface area contributed by atoms with Crippen LogP contribution in [0.25, 0.3) is 0 Å². The van der Waals surface area contributed by atoms with Crippen LogP contribution in [0.2, 0.25) is 0 Å². The maximum Gasteiger partial charge on any atom is 0.224 e. The predicted octanol–water partition coefficient (Wildman–Crippen LogP) is 2.70. The van der Waals surface area contributed by atoms with Gasteiger partial charge in [-0.25, -0.2) is 9.97 Å². The molecule has 172 valence electrons. The first kappa shape index (κ1) is 22.3. The highest BCUT2D eigenvalue weighted by molar-refractivity contribution is 5.77. The van der Waals surface area contributed by atoms with Crippen molar-refractivity contribution in [2.45, 2.75) is 38.3 Å². The molecule has 1 fully saturated rings. The monoisotopic (exact) mass is 438 g/mol. The van der Waals surface area contributed by atoms with Crippen LogP contribution in [-0.2, 0) is 17.8 Å². The van der Waals surface area contributed by atoms with Crippen LogP contribution < -0.4 is 15.0 Å². The van der Waals surface area contributed by atoms with Crippen LogP contribution >= 0.6 is 0 Å². The molecule has 8 heteroatoms. The molecule has 0 spiro atoms. The number of likely N-dealkylation sites (N-methyl/N-ethyl adjacent to an activating group) is 1. The molecule has 2 aromatic rings. The predicted molar refractivity (Wildman–Crippen MR) is 126 cm³/mol. The van der Waals surface area contributed by atoms with E-state index in [4.69, 9.17) is 14.7 Å². The Kier molecular flexibility index (Phi) is 6.79. The Bertz CT molecular complexity index is 948. The van der Waals surface area contributed by atoms with Crippen molar-refractivity contribution in [2.75, 3.05) is 58.1 Å². The molecule has 0 radical (unpaired) electrons. The average molecular weight is 439 g/mol. The van der Waals surface area contributed by atoms with E-state index in [0.29, 0.717) is 13.0 Å². The second-order valence-corrected chi connectivity index (χ2v) is 8.71. The molecule has 1 aromatic heterocycles. The number of amides is 1. The minimum absolute atomic E-state index is 0.0431. The maximum absolute atomic E-state index is 13.2. The molecule has 0 saturated carbocycles. The van der Waals surface area contributed by atoms with Crippen molar-refractivity contribution < 1.29 is 9.53 Å². The zero-order valence-corrected chi connectivity index (χ0v) is 19.6. The highest BCUT2D eigenvalue weighted by atomic mass is 16.5. The largest absolute Gasteiger partial charge is 0.497 e. The van der Waals surface area contributed by atoms with Crippen molar-refractivity contribution >= 4 is 17.4 Å². The van der Waals surface area contributed by atoms with Crippen LogP contribution in [0.4, 0.5) is 11.5 Å². The molecule has 3 heterocycles. The quantitative estimate of drug-likeness (QED) is 0.712. The Balaban J connectivity index is 1.45. The fraction of sp³-hybridized carbons (Fsp3) is 0.542. The van der Waals surface area contributed by atoms with Gasteiger partial charge in [-0.1, -0.05) is 0 Å². The summed E-state index contributed by atoms with van der Waals surface area (Å²) in [6.45, 7) is 3.27. The number of hydrogen-bond donors (Lipinski definition) is 1. The number of fused-ring (bicyclic) bond motifs is 1. The van der Waals surface area contributed by atoms with E-state index < -0.39 is 0 Å². The van der Waals surface area contributed by atoms with Gasteiger partial charge in [0.25, 0.3) is 0 Å². The average Bonchev–Trinajstić information content (AvgIpc) is 3.31.